The Morgan fingerprint density at radius 2 is 1.54 bits per heavy atom. The van der Waals surface area contributed by atoms with E-state index in [9.17, 15) is 19.5 Å². The predicted molar refractivity (Wildman–Crippen MR) is 179 cm³/mol. The number of carbonyl (C=O) groups excluding carboxylic acids is 3. The van der Waals surface area contributed by atoms with Crippen LogP contribution < -0.4 is 0 Å². The second-order valence-corrected chi connectivity index (χ2v) is 16.1. The largest absolute Gasteiger partial charge is 0.395 e. The first-order valence-electron chi connectivity index (χ1n) is 17.7. The zero-order chi connectivity index (χ0) is 32.7. The summed E-state index contributed by atoms with van der Waals surface area (Å²) in [5.41, 5.74) is 0.175. The van der Waals surface area contributed by atoms with Gasteiger partial charge in [-0.3, -0.25) is 19.3 Å². The first-order valence-corrected chi connectivity index (χ1v) is 18.1. The summed E-state index contributed by atoms with van der Waals surface area (Å²) in [4.78, 5) is 54.0. The number of likely N-dealkylation sites (N-methyl/N-ethyl adjacent to an activating group) is 1. The molecule has 6 rings (SSSR count). The molecule has 0 aromatic heterocycles. The van der Waals surface area contributed by atoms with Crippen molar-refractivity contribution in [1.82, 2.24) is 24.5 Å². The second kappa shape index (κ2) is 13.7. The average molecular weight is 656 g/mol. The molecule has 0 spiro atoms. The van der Waals surface area contributed by atoms with Gasteiger partial charge in [0.2, 0.25) is 17.7 Å². The number of benzene rings is 1. The molecule has 4 atom stereocenters. The van der Waals surface area contributed by atoms with Gasteiger partial charge in [0.05, 0.1) is 24.0 Å². The number of aliphatic hydroxyl groups is 1. The molecule has 3 saturated heterocycles. The Bertz CT molecular complexity index is 1260. The van der Waals surface area contributed by atoms with Crippen molar-refractivity contribution in [2.45, 2.75) is 95.8 Å². The Balaban J connectivity index is 1.32. The summed E-state index contributed by atoms with van der Waals surface area (Å²) in [5.74, 6) is 0.346. The van der Waals surface area contributed by atoms with Gasteiger partial charge < -0.3 is 24.7 Å². The quantitative estimate of drug-likeness (QED) is 0.460. The van der Waals surface area contributed by atoms with Gasteiger partial charge in [-0.25, -0.2) is 0 Å². The van der Waals surface area contributed by atoms with Crippen LogP contribution in [0.5, 0.6) is 0 Å². The van der Waals surface area contributed by atoms with E-state index in [2.05, 4.69) is 23.8 Å². The van der Waals surface area contributed by atoms with Gasteiger partial charge in [0.1, 0.15) is 6.04 Å². The summed E-state index contributed by atoms with van der Waals surface area (Å²) >= 11 is 6.25. The molecule has 1 N–H and O–H groups in total. The van der Waals surface area contributed by atoms with Gasteiger partial charge in [0.25, 0.3) is 0 Å². The highest BCUT2D eigenvalue weighted by atomic mass is 35.5. The smallest absolute Gasteiger partial charge is 0.245 e. The van der Waals surface area contributed by atoms with Crippen LogP contribution >= 0.6 is 11.6 Å². The molecule has 2 aliphatic carbocycles. The summed E-state index contributed by atoms with van der Waals surface area (Å²) in [5, 5.41) is 10.9. The third-order valence-corrected chi connectivity index (χ3v) is 11.9. The number of piperazine rings is 1. The van der Waals surface area contributed by atoms with Crippen LogP contribution in [0.2, 0.25) is 5.02 Å². The molecule has 1 aromatic rings. The lowest BCUT2D eigenvalue weighted by molar-refractivity contribution is -0.149. The highest BCUT2D eigenvalue weighted by Gasteiger charge is 2.52. The van der Waals surface area contributed by atoms with Gasteiger partial charge in [0.15, 0.2) is 0 Å². The summed E-state index contributed by atoms with van der Waals surface area (Å²) in [6.07, 6.45) is 6.70. The summed E-state index contributed by atoms with van der Waals surface area (Å²) in [6.45, 7) is 10.4. The Kier molecular flexibility index (Phi) is 10.1. The minimum atomic E-state index is -0.937. The van der Waals surface area contributed by atoms with E-state index in [1.807, 2.05) is 39.0 Å². The molecule has 3 amide bonds. The van der Waals surface area contributed by atoms with Crippen LogP contribution in [0.3, 0.4) is 0 Å². The molecule has 3 aliphatic heterocycles. The van der Waals surface area contributed by atoms with Crippen molar-refractivity contribution in [2.24, 2.45) is 17.3 Å². The van der Waals surface area contributed by atoms with Crippen LogP contribution in [0.1, 0.15) is 77.2 Å². The monoisotopic (exact) mass is 655 g/mol. The van der Waals surface area contributed by atoms with E-state index in [-0.39, 0.29) is 48.2 Å². The van der Waals surface area contributed by atoms with Crippen molar-refractivity contribution in [3.05, 3.63) is 34.9 Å². The molecule has 46 heavy (non-hydrogen) atoms. The van der Waals surface area contributed by atoms with Gasteiger partial charge in [-0.15, -0.1) is 0 Å². The molecule has 3 heterocycles. The van der Waals surface area contributed by atoms with E-state index in [1.54, 1.807) is 13.8 Å². The van der Waals surface area contributed by atoms with Crippen LogP contribution in [0.15, 0.2) is 24.3 Å². The predicted octanol–water partition coefficient (Wildman–Crippen LogP) is 3.69. The summed E-state index contributed by atoms with van der Waals surface area (Å²) in [6, 6.07) is 7.61. The molecular weight excluding hydrogens is 602 g/mol. The Labute approximate surface area is 280 Å². The number of amides is 3. The lowest BCUT2D eigenvalue weighted by Gasteiger charge is -2.43. The van der Waals surface area contributed by atoms with E-state index in [1.165, 1.54) is 12.8 Å². The zero-order valence-electron chi connectivity index (χ0n) is 28.2. The van der Waals surface area contributed by atoms with E-state index in [0.717, 1.165) is 50.9 Å². The van der Waals surface area contributed by atoms with Crippen molar-refractivity contribution < 1.29 is 19.5 Å². The number of likely N-dealkylation sites (tertiary alicyclic amines) is 2. The van der Waals surface area contributed by atoms with Crippen LogP contribution in [0.4, 0.5) is 0 Å². The minimum absolute atomic E-state index is 0.00937. The molecule has 0 unspecified atom stereocenters. The van der Waals surface area contributed by atoms with Crippen molar-refractivity contribution in [3.63, 3.8) is 0 Å². The number of hydrogen-bond donors (Lipinski definition) is 1. The maximum Gasteiger partial charge on any atom is 0.245 e. The summed E-state index contributed by atoms with van der Waals surface area (Å²) < 4.78 is 0. The Morgan fingerprint density at radius 1 is 0.891 bits per heavy atom. The number of rotatable bonds is 8. The molecule has 5 aliphatic rings. The van der Waals surface area contributed by atoms with Gasteiger partial charge >= 0.3 is 0 Å². The average Bonchev–Trinajstić information content (AvgIpc) is 3.66. The van der Waals surface area contributed by atoms with Crippen LogP contribution in [-0.2, 0) is 14.4 Å². The van der Waals surface area contributed by atoms with Gasteiger partial charge in [-0.05, 0) is 89.5 Å². The zero-order valence-corrected chi connectivity index (χ0v) is 29.0. The maximum atomic E-state index is 14.9. The topological polar surface area (TPSA) is 87.6 Å². The number of carbonyl (C=O) groups is 3. The fraction of sp³-hybridized carbons (Fsp3) is 0.750. The second-order valence-electron chi connectivity index (χ2n) is 15.6. The molecule has 0 radical (unpaired) electrons. The van der Waals surface area contributed by atoms with Gasteiger partial charge in [0, 0.05) is 68.8 Å². The van der Waals surface area contributed by atoms with E-state index in [0.29, 0.717) is 49.6 Å². The molecule has 10 heteroatoms. The van der Waals surface area contributed by atoms with Crippen LogP contribution in [-0.4, -0.2) is 131 Å². The SMILES string of the molecule is CC1CCC(N(C(=O)C(C)(C)CO)[C@H]2C[C@H](C(=O)N3CCN(C)CC3)N(C(=O)[C@@H]3CN(C4CC4)C[C@H]3c3ccc(Cl)cc3)C2)CC1. The number of aliphatic hydroxyl groups excluding tert-OH is 1. The molecule has 9 nitrogen and oxygen atoms in total. The third kappa shape index (κ3) is 6.99. The first-order chi connectivity index (χ1) is 22.0. The van der Waals surface area contributed by atoms with E-state index >= 15 is 0 Å². The molecular formula is C36H54ClN5O4. The maximum absolute atomic E-state index is 14.9. The van der Waals surface area contributed by atoms with Crippen molar-refractivity contribution in [1.29, 1.82) is 0 Å². The van der Waals surface area contributed by atoms with Crippen LogP contribution in [0.25, 0.3) is 0 Å². The fourth-order valence-electron chi connectivity index (χ4n) is 8.38. The minimum Gasteiger partial charge on any atom is -0.395 e. The molecule has 254 valence electrons. The molecule has 5 fully saturated rings. The fourth-order valence-corrected chi connectivity index (χ4v) is 8.51. The highest BCUT2D eigenvalue weighted by molar-refractivity contribution is 6.30. The third-order valence-electron chi connectivity index (χ3n) is 11.7. The van der Waals surface area contributed by atoms with Crippen molar-refractivity contribution >= 4 is 29.3 Å². The molecule has 2 saturated carbocycles. The molecule has 0 bridgehead atoms. The van der Waals surface area contributed by atoms with Crippen LogP contribution in [0, 0.1) is 17.3 Å². The number of hydrogen-bond acceptors (Lipinski definition) is 6. The van der Waals surface area contributed by atoms with Crippen molar-refractivity contribution in [3.8, 4) is 0 Å². The Hall–Kier alpha value is -2.20. The van der Waals surface area contributed by atoms with Gasteiger partial charge in [-0.2, -0.15) is 0 Å². The van der Waals surface area contributed by atoms with Gasteiger partial charge in [-0.1, -0.05) is 30.7 Å². The van der Waals surface area contributed by atoms with E-state index < -0.39 is 11.5 Å². The first kappa shape index (κ1) is 33.7. The number of nitrogens with zero attached hydrogens (tertiary/aromatic N) is 5. The van der Waals surface area contributed by atoms with E-state index in [4.69, 9.17) is 11.6 Å². The normalized spacial score (nSPS) is 31.3. The number of halogens is 1. The summed E-state index contributed by atoms with van der Waals surface area (Å²) in [7, 11) is 2.07. The van der Waals surface area contributed by atoms with Crippen molar-refractivity contribution in [2.75, 3.05) is 59.5 Å². The highest BCUT2D eigenvalue weighted by Crippen LogP contribution is 2.42. The molecule has 1 aromatic carbocycles. The standard InChI is InChI=1S/C36H54ClN5O4/c1-24-5-11-28(12-6-24)42(35(46)36(2,3)23-43)29-19-32(34(45)39-17-15-38(4)16-18-39)41(20-29)33(44)31-22-40(27-13-14-27)21-30(31)25-7-9-26(37)10-8-25/h7-10,24,27-32,43H,5-6,11-23H2,1-4H3/t24?,28?,29-,30-,31+,32+/m0/s1. The Morgan fingerprint density at radius 3 is 2.15 bits per heavy atom. The lowest BCUT2D eigenvalue weighted by atomic mass is 9.83. The lowest BCUT2D eigenvalue weighted by Crippen LogP contribution is -2.55.